The fourth-order valence-corrected chi connectivity index (χ4v) is 4.81. The summed E-state index contributed by atoms with van der Waals surface area (Å²) < 4.78 is 0. The number of aromatic nitrogens is 3. The van der Waals surface area contributed by atoms with Gasteiger partial charge in [0.25, 0.3) is 0 Å². The maximum absolute atomic E-state index is 4.67. The van der Waals surface area contributed by atoms with Gasteiger partial charge in [0, 0.05) is 22.7 Å². The molecule has 0 bridgehead atoms. The molecule has 2 aromatic heterocycles. The van der Waals surface area contributed by atoms with E-state index in [2.05, 4.69) is 88.5 Å². The molecule has 5 heteroatoms. The molecule has 3 aromatic rings. The third-order valence-corrected chi connectivity index (χ3v) is 6.69. The third-order valence-electron chi connectivity index (χ3n) is 6.69. The summed E-state index contributed by atoms with van der Waals surface area (Å²) in [6.45, 7) is 11.1. The number of para-hydroxylation sites is 1. The van der Waals surface area contributed by atoms with Crippen LogP contribution in [-0.4, -0.2) is 21.1 Å². The lowest BCUT2D eigenvalue weighted by atomic mass is 9.58. The van der Waals surface area contributed by atoms with E-state index in [1.54, 1.807) is 12.5 Å². The molecule has 2 aliphatic rings. The second-order valence-electron chi connectivity index (χ2n) is 8.20. The maximum Gasteiger partial charge on any atom is 0.162 e. The zero-order chi connectivity index (χ0) is 19.5. The van der Waals surface area contributed by atoms with Gasteiger partial charge >= 0.3 is 0 Å². The minimum atomic E-state index is -0.222. The molecular weight excluding hydrogens is 346 g/mol. The Kier molecular flexibility index (Phi) is 3.41. The molecule has 0 aliphatic carbocycles. The molecule has 0 saturated heterocycles. The SMILES string of the molecule is C=CC1(C)c2ccccc2N2c3cncnc3N(c3cccnc3)C2C1(C)C. The van der Waals surface area contributed by atoms with Crippen molar-refractivity contribution in [2.45, 2.75) is 32.4 Å². The van der Waals surface area contributed by atoms with E-state index < -0.39 is 0 Å². The summed E-state index contributed by atoms with van der Waals surface area (Å²) >= 11 is 0. The lowest BCUT2D eigenvalue weighted by Gasteiger charge is -2.56. The predicted octanol–water partition coefficient (Wildman–Crippen LogP) is 4.97. The molecule has 140 valence electrons. The summed E-state index contributed by atoms with van der Waals surface area (Å²) in [5.41, 5.74) is 4.09. The summed E-state index contributed by atoms with van der Waals surface area (Å²) in [6.07, 6.45) is 9.34. The fourth-order valence-electron chi connectivity index (χ4n) is 4.81. The first kappa shape index (κ1) is 16.9. The van der Waals surface area contributed by atoms with Crippen LogP contribution in [0.3, 0.4) is 0 Å². The number of hydrogen-bond donors (Lipinski definition) is 0. The lowest BCUT2D eigenvalue weighted by Crippen LogP contribution is -2.60. The van der Waals surface area contributed by atoms with Crippen LogP contribution < -0.4 is 9.80 Å². The van der Waals surface area contributed by atoms with E-state index in [4.69, 9.17) is 0 Å². The Hall–Kier alpha value is -3.21. The van der Waals surface area contributed by atoms with Gasteiger partial charge in [-0.15, -0.1) is 6.58 Å². The molecule has 1 aromatic carbocycles. The van der Waals surface area contributed by atoms with Crippen molar-refractivity contribution in [3.8, 4) is 0 Å². The van der Waals surface area contributed by atoms with Gasteiger partial charge in [0.15, 0.2) is 5.82 Å². The molecule has 0 saturated carbocycles. The Morgan fingerprint density at radius 1 is 0.964 bits per heavy atom. The Morgan fingerprint density at radius 2 is 1.79 bits per heavy atom. The number of benzene rings is 1. The summed E-state index contributed by atoms with van der Waals surface area (Å²) in [6, 6.07) is 12.6. The summed E-state index contributed by atoms with van der Waals surface area (Å²) in [4.78, 5) is 18.0. The van der Waals surface area contributed by atoms with Crippen molar-refractivity contribution < 1.29 is 0 Å². The smallest absolute Gasteiger partial charge is 0.162 e. The quantitative estimate of drug-likeness (QED) is 0.597. The van der Waals surface area contributed by atoms with Crippen molar-refractivity contribution in [1.29, 1.82) is 0 Å². The number of allylic oxidation sites excluding steroid dienone is 1. The van der Waals surface area contributed by atoms with E-state index >= 15 is 0 Å². The van der Waals surface area contributed by atoms with Crippen molar-refractivity contribution in [1.82, 2.24) is 15.0 Å². The van der Waals surface area contributed by atoms with Crippen molar-refractivity contribution in [2.75, 3.05) is 9.80 Å². The molecule has 2 aliphatic heterocycles. The van der Waals surface area contributed by atoms with E-state index in [0.717, 1.165) is 17.2 Å². The molecular formula is C23H23N5. The van der Waals surface area contributed by atoms with E-state index in [9.17, 15) is 0 Å². The van der Waals surface area contributed by atoms with Crippen LogP contribution in [0, 0.1) is 5.41 Å². The Bertz CT molecular complexity index is 1060. The molecule has 2 atom stereocenters. The zero-order valence-corrected chi connectivity index (χ0v) is 16.4. The van der Waals surface area contributed by atoms with E-state index in [0.29, 0.717) is 0 Å². The minimum absolute atomic E-state index is 0.0151. The van der Waals surface area contributed by atoms with Crippen LogP contribution in [0.15, 0.2) is 74.0 Å². The first-order valence-electron chi connectivity index (χ1n) is 9.52. The molecule has 0 spiro atoms. The number of anilines is 4. The number of fused-ring (bicyclic) bond motifs is 5. The van der Waals surface area contributed by atoms with Gasteiger partial charge in [-0.1, -0.05) is 45.0 Å². The fraction of sp³-hybridized carbons (Fsp3) is 0.261. The lowest BCUT2D eigenvalue weighted by molar-refractivity contribution is 0.171. The molecule has 5 nitrogen and oxygen atoms in total. The first-order chi connectivity index (χ1) is 13.5. The van der Waals surface area contributed by atoms with Crippen LogP contribution in [0.4, 0.5) is 22.9 Å². The van der Waals surface area contributed by atoms with Crippen LogP contribution in [0.2, 0.25) is 0 Å². The molecule has 4 heterocycles. The molecule has 0 radical (unpaired) electrons. The van der Waals surface area contributed by atoms with Gasteiger partial charge in [-0.25, -0.2) is 9.97 Å². The first-order valence-corrected chi connectivity index (χ1v) is 9.52. The van der Waals surface area contributed by atoms with Crippen LogP contribution >= 0.6 is 0 Å². The van der Waals surface area contributed by atoms with Crippen molar-refractivity contribution in [2.24, 2.45) is 5.41 Å². The minimum Gasteiger partial charge on any atom is -0.315 e. The normalized spacial score (nSPS) is 24.3. The molecule has 0 fully saturated rings. The molecule has 2 unspecified atom stereocenters. The highest BCUT2D eigenvalue weighted by molar-refractivity contribution is 5.88. The number of hydrogen-bond acceptors (Lipinski definition) is 5. The second-order valence-corrected chi connectivity index (χ2v) is 8.20. The highest BCUT2D eigenvalue weighted by atomic mass is 15.5. The van der Waals surface area contributed by atoms with Crippen LogP contribution in [0.5, 0.6) is 0 Å². The van der Waals surface area contributed by atoms with Gasteiger partial charge < -0.3 is 9.80 Å². The Morgan fingerprint density at radius 3 is 2.54 bits per heavy atom. The molecule has 5 rings (SSSR count). The molecule has 0 amide bonds. The van der Waals surface area contributed by atoms with Gasteiger partial charge in [0.1, 0.15) is 18.2 Å². The molecule has 28 heavy (non-hydrogen) atoms. The summed E-state index contributed by atoms with van der Waals surface area (Å²) in [5, 5.41) is 0. The maximum atomic E-state index is 4.67. The standard InChI is InChI=1S/C23H23N5/c1-5-23(4)17-10-6-7-11-18(17)28-19-14-25-15-26-20(19)27(21(28)22(23,2)3)16-9-8-12-24-13-16/h5-15,21H,1H2,2-4H3. The highest BCUT2D eigenvalue weighted by Crippen LogP contribution is 2.61. The Labute approximate surface area is 165 Å². The average molecular weight is 369 g/mol. The van der Waals surface area contributed by atoms with Gasteiger partial charge in [0.2, 0.25) is 0 Å². The van der Waals surface area contributed by atoms with Crippen molar-refractivity contribution in [3.05, 3.63) is 79.5 Å². The van der Waals surface area contributed by atoms with Gasteiger partial charge in [-0.05, 0) is 23.8 Å². The second kappa shape index (κ2) is 5.64. The van der Waals surface area contributed by atoms with E-state index in [1.807, 2.05) is 18.5 Å². The number of rotatable bonds is 2. The van der Waals surface area contributed by atoms with Crippen LogP contribution in [0.1, 0.15) is 26.3 Å². The Balaban J connectivity index is 1.86. The molecule has 0 N–H and O–H groups in total. The predicted molar refractivity (Wildman–Crippen MR) is 112 cm³/mol. The average Bonchev–Trinajstić information content (AvgIpc) is 3.09. The van der Waals surface area contributed by atoms with E-state index in [1.165, 1.54) is 11.3 Å². The van der Waals surface area contributed by atoms with Gasteiger partial charge in [0.05, 0.1) is 18.1 Å². The topological polar surface area (TPSA) is 45.2 Å². The van der Waals surface area contributed by atoms with Crippen LogP contribution in [-0.2, 0) is 5.41 Å². The number of pyridine rings is 1. The number of nitrogens with zero attached hydrogens (tertiary/aromatic N) is 5. The van der Waals surface area contributed by atoms with Crippen LogP contribution in [0.25, 0.3) is 0 Å². The summed E-state index contributed by atoms with van der Waals surface area (Å²) in [7, 11) is 0. The largest absolute Gasteiger partial charge is 0.315 e. The van der Waals surface area contributed by atoms with Crippen molar-refractivity contribution >= 4 is 22.9 Å². The van der Waals surface area contributed by atoms with Gasteiger partial charge in [-0.3, -0.25) is 4.98 Å². The monoisotopic (exact) mass is 369 g/mol. The third kappa shape index (κ3) is 1.93. The highest BCUT2D eigenvalue weighted by Gasteiger charge is 2.59. The van der Waals surface area contributed by atoms with Crippen molar-refractivity contribution in [3.63, 3.8) is 0 Å². The summed E-state index contributed by atoms with van der Waals surface area (Å²) in [5.74, 6) is 0.907. The zero-order valence-electron chi connectivity index (χ0n) is 16.4. The van der Waals surface area contributed by atoms with E-state index in [-0.39, 0.29) is 17.0 Å². The van der Waals surface area contributed by atoms with Gasteiger partial charge in [-0.2, -0.15) is 0 Å².